The molecule has 3 aromatic rings. The zero-order valence-corrected chi connectivity index (χ0v) is 14.2. The summed E-state index contributed by atoms with van der Waals surface area (Å²) in [5, 5.41) is 3.17. The minimum atomic E-state index is 0.398. The van der Waals surface area contributed by atoms with Crippen LogP contribution in [-0.4, -0.2) is 35.9 Å². The molecule has 0 aliphatic carbocycles. The monoisotopic (exact) mass is 335 g/mol. The quantitative estimate of drug-likeness (QED) is 0.773. The Hall–Kier alpha value is -2.80. The fourth-order valence-electron chi connectivity index (χ4n) is 3.34. The van der Waals surface area contributed by atoms with Gasteiger partial charge in [-0.15, -0.1) is 0 Å². The molecule has 0 aromatic carbocycles. The number of nitrogens with one attached hydrogen (secondary N) is 1. The number of likely N-dealkylation sites (tertiary alicyclic amines) is 1. The third kappa shape index (κ3) is 3.51. The maximum Gasteiger partial charge on any atom is 0.228 e. The van der Waals surface area contributed by atoms with Gasteiger partial charge < -0.3 is 9.88 Å². The Bertz CT molecular complexity index is 830. The highest BCUT2D eigenvalue weighted by molar-refractivity contribution is 5.48. The molecule has 1 saturated heterocycles. The van der Waals surface area contributed by atoms with E-state index in [1.54, 1.807) is 18.5 Å². The highest BCUT2D eigenvalue weighted by Gasteiger charge is 2.27. The zero-order valence-electron chi connectivity index (χ0n) is 14.2. The second-order valence-corrected chi connectivity index (χ2v) is 6.30. The number of imidazole rings is 1. The van der Waals surface area contributed by atoms with Gasteiger partial charge in [0, 0.05) is 44.4 Å². The average molecular weight is 335 g/mol. The summed E-state index contributed by atoms with van der Waals surface area (Å²) in [4.78, 5) is 19.5. The second kappa shape index (κ2) is 6.98. The SMILES string of the molecule is Cn1cncc1CN1CCC[C@H]1c1ccnc(Nc2ncccn2)c1. The molecular formula is C18H21N7. The van der Waals surface area contributed by atoms with Crippen molar-refractivity contribution in [2.45, 2.75) is 25.4 Å². The number of aromatic nitrogens is 5. The van der Waals surface area contributed by atoms with Crippen LogP contribution in [0.3, 0.4) is 0 Å². The molecule has 1 N–H and O–H groups in total. The van der Waals surface area contributed by atoms with Gasteiger partial charge in [-0.1, -0.05) is 0 Å². The first kappa shape index (κ1) is 15.7. The van der Waals surface area contributed by atoms with Crippen molar-refractivity contribution in [1.29, 1.82) is 0 Å². The van der Waals surface area contributed by atoms with Crippen LogP contribution in [-0.2, 0) is 13.6 Å². The smallest absolute Gasteiger partial charge is 0.228 e. The lowest BCUT2D eigenvalue weighted by Gasteiger charge is -2.25. The molecule has 7 nitrogen and oxygen atoms in total. The lowest BCUT2D eigenvalue weighted by molar-refractivity contribution is 0.243. The minimum Gasteiger partial charge on any atom is -0.337 e. The molecule has 7 heteroatoms. The van der Waals surface area contributed by atoms with Gasteiger partial charge in [0.2, 0.25) is 5.95 Å². The molecule has 0 unspecified atom stereocenters. The Balaban J connectivity index is 1.52. The molecule has 4 heterocycles. The lowest BCUT2D eigenvalue weighted by atomic mass is 10.1. The number of pyridine rings is 1. The topological polar surface area (TPSA) is 71.8 Å². The Kier molecular flexibility index (Phi) is 4.39. The fraction of sp³-hybridized carbons (Fsp3) is 0.333. The molecule has 0 spiro atoms. The first-order chi connectivity index (χ1) is 12.3. The highest BCUT2D eigenvalue weighted by Crippen LogP contribution is 2.33. The van der Waals surface area contributed by atoms with Gasteiger partial charge in [-0.25, -0.2) is 19.9 Å². The van der Waals surface area contributed by atoms with E-state index in [4.69, 9.17) is 0 Å². The van der Waals surface area contributed by atoms with Gasteiger partial charge >= 0.3 is 0 Å². The second-order valence-electron chi connectivity index (χ2n) is 6.30. The first-order valence-corrected chi connectivity index (χ1v) is 8.49. The molecule has 1 aliphatic rings. The average Bonchev–Trinajstić information content (AvgIpc) is 3.26. The van der Waals surface area contributed by atoms with Crippen molar-refractivity contribution < 1.29 is 0 Å². The summed E-state index contributed by atoms with van der Waals surface area (Å²) in [6, 6.07) is 6.39. The molecule has 0 saturated carbocycles. The van der Waals surface area contributed by atoms with Gasteiger partial charge in [0.1, 0.15) is 5.82 Å². The Labute approximate surface area is 146 Å². The molecular weight excluding hydrogens is 314 g/mol. The van der Waals surface area contributed by atoms with Crippen molar-refractivity contribution >= 4 is 11.8 Å². The van der Waals surface area contributed by atoms with Crippen LogP contribution in [0.25, 0.3) is 0 Å². The van der Waals surface area contributed by atoms with E-state index < -0.39 is 0 Å². The van der Waals surface area contributed by atoms with Crippen LogP contribution in [0, 0.1) is 0 Å². The number of rotatable bonds is 5. The number of hydrogen-bond donors (Lipinski definition) is 1. The zero-order chi connectivity index (χ0) is 17.1. The van der Waals surface area contributed by atoms with Gasteiger partial charge in [0.25, 0.3) is 0 Å². The van der Waals surface area contributed by atoms with E-state index in [2.05, 4.69) is 46.9 Å². The summed E-state index contributed by atoms with van der Waals surface area (Å²) in [5.41, 5.74) is 2.50. The Morgan fingerprint density at radius 3 is 2.88 bits per heavy atom. The highest BCUT2D eigenvalue weighted by atomic mass is 15.2. The Morgan fingerprint density at radius 2 is 2.08 bits per heavy atom. The molecule has 3 aromatic heterocycles. The van der Waals surface area contributed by atoms with Crippen molar-refractivity contribution in [2.75, 3.05) is 11.9 Å². The van der Waals surface area contributed by atoms with Crippen LogP contribution in [0.4, 0.5) is 11.8 Å². The van der Waals surface area contributed by atoms with E-state index in [9.17, 15) is 0 Å². The summed E-state index contributed by atoms with van der Waals surface area (Å²) in [7, 11) is 2.04. The van der Waals surface area contributed by atoms with E-state index >= 15 is 0 Å². The van der Waals surface area contributed by atoms with E-state index in [0.717, 1.165) is 25.3 Å². The molecule has 128 valence electrons. The molecule has 1 aliphatic heterocycles. The first-order valence-electron chi connectivity index (χ1n) is 8.49. The fourth-order valence-corrected chi connectivity index (χ4v) is 3.34. The molecule has 0 radical (unpaired) electrons. The van der Waals surface area contributed by atoms with Crippen LogP contribution >= 0.6 is 0 Å². The van der Waals surface area contributed by atoms with Gasteiger partial charge in [0.05, 0.1) is 12.0 Å². The van der Waals surface area contributed by atoms with Crippen LogP contribution < -0.4 is 5.32 Å². The summed E-state index contributed by atoms with van der Waals surface area (Å²) in [6.07, 6.45) is 11.4. The van der Waals surface area contributed by atoms with Crippen molar-refractivity contribution in [3.8, 4) is 0 Å². The molecule has 1 fully saturated rings. The van der Waals surface area contributed by atoms with E-state index in [0.29, 0.717) is 12.0 Å². The van der Waals surface area contributed by atoms with E-state index in [1.165, 1.54) is 17.7 Å². The number of nitrogens with zero attached hydrogens (tertiary/aromatic N) is 6. The van der Waals surface area contributed by atoms with Gasteiger partial charge in [-0.05, 0) is 43.1 Å². The predicted octanol–water partition coefficient (Wildman–Crippen LogP) is 2.69. The largest absolute Gasteiger partial charge is 0.337 e. The van der Waals surface area contributed by atoms with Crippen molar-refractivity contribution in [1.82, 2.24) is 29.4 Å². The van der Waals surface area contributed by atoms with Gasteiger partial charge in [-0.3, -0.25) is 4.90 Å². The Morgan fingerprint density at radius 1 is 1.20 bits per heavy atom. The molecule has 1 atom stereocenters. The lowest BCUT2D eigenvalue weighted by Crippen LogP contribution is -2.24. The third-order valence-electron chi connectivity index (χ3n) is 4.62. The molecule has 0 amide bonds. The van der Waals surface area contributed by atoms with Gasteiger partial charge in [-0.2, -0.15) is 0 Å². The minimum absolute atomic E-state index is 0.398. The molecule has 4 rings (SSSR count). The third-order valence-corrected chi connectivity index (χ3v) is 4.62. The maximum absolute atomic E-state index is 4.40. The number of aryl methyl sites for hydroxylation is 1. The van der Waals surface area contributed by atoms with Crippen LogP contribution in [0.2, 0.25) is 0 Å². The number of anilines is 2. The van der Waals surface area contributed by atoms with Crippen molar-refractivity contribution in [3.63, 3.8) is 0 Å². The van der Waals surface area contributed by atoms with Crippen molar-refractivity contribution in [3.05, 3.63) is 60.6 Å². The van der Waals surface area contributed by atoms with Crippen LogP contribution in [0.15, 0.2) is 49.3 Å². The summed E-state index contributed by atoms with van der Waals surface area (Å²) >= 11 is 0. The summed E-state index contributed by atoms with van der Waals surface area (Å²) in [6.45, 7) is 2.01. The maximum atomic E-state index is 4.40. The van der Waals surface area contributed by atoms with E-state index in [-0.39, 0.29) is 0 Å². The summed E-state index contributed by atoms with van der Waals surface area (Å²) in [5.74, 6) is 1.33. The van der Waals surface area contributed by atoms with E-state index in [1.807, 2.05) is 25.8 Å². The normalized spacial score (nSPS) is 17.7. The van der Waals surface area contributed by atoms with Crippen LogP contribution in [0.1, 0.15) is 30.1 Å². The summed E-state index contributed by atoms with van der Waals surface area (Å²) < 4.78 is 2.08. The standard InChI is InChI=1S/C18H21N7/c1-24-13-19-11-15(24)12-25-9-2-4-16(25)14-5-8-20-17(10-14)23-18-21-6-3-7-22-18/h3,5-8,10-11,13,16H,2,4,9,12H2,1H3,(H,20,21,22,23)/t16-/m0/s1. The predicted molar refractivity (Wildman–Crippen MR) is 95.1 cm³/mol. The molecule has 0 bridgehead atoms. The van der Waals surface area contributed by atoms with Gasteiger partial charge in [0.15, 0.2) is 0 Å². The number of hydrogen-bond acceptors (Lipinski definition) is 6. The van der Waals surface area contributed by atoms with Crippen LogP contribution in [0.5, 0.6) is 0 Å². The molecule has 25 heavy (non-hydrogen) atoms. The van der Waals surface area contributed by atoms with Crippen molar-refractivity contribution in [2.24, 2.45) is 7.05 Å².